The number of carbonyl (C=O) groups excluding carboxylic acids is 4. The standard InChI is InChI=1S/C66H113NO9/c1-6-9-12-15-18-21-24-27-30-33-36-39-42-45-48-52-62(69)74-59(57-72-61(68)55-51-56-67(4)5)65-66(76-64(71)54-50-47-44-41-38-35-32-29-26-23-20-17-14-11-8-3)60(58-73-65)75-63(70)53-49-46-43-40-37-34-31-28-25-22-19-16-13-10-7-2/h18-23,27-32,59-60,65-66H,6-17,24-26,33-58H2,1-5H3/b21-18-,22-19-,23-20-,30-27-,31-28-,32-29-/t59-,60+,65?,66-/m1/s1. The van der Waals surface area contributed by atoms with Crippen molar-refractivity contribution in [2.75, 3.05) is 33.9 Å². The number of allylic oxidation sites excluding steroid dienone is 12. The van der Waals surface area contributed by atoms with Gasteiger partial charge in [-0.2, -0.15) is 0 Å². The normalized spacial score (nSPS) is 16.5. The van der Waals surface area contributed by atoms with E-state index in [4.69, 9.17) is 23.7 Å². The molecule has 10 nitrogen and oxygen atoms in total. The molecule has 0 aromatic rings. The van der Waals surface area contributed by atoms with E-state index in [1.807, 2.05) is 19.0 Å². The lowest BCUT2D eigenvalue weighted by Crippen LogP contribution is -2.47. The molecule has 1 aliphatic heterocycles. The molecule has 0 aliphatic carbocycles. The molecule has 1 aliphatic rings. The zero-order chi connectivity index (χ0) is 55.2. The Kier molecular flexibility index (Phi) is 49.2. The topological polar surface area (TPSA) is 118 Å². The molecule has 0 aromatic heterocycles. The van der Waals surface area contributed by atoms with Crippen LogP contribution in [-0.4, -0.2) is 87.0 Å². The Bertz CT molecular complexity index is 1580. The van der Waals surface area contributed by atoms with Gasteiger partial charge in [0, 0.05) is 25.7 Å². The van der Waals surface area contributed by atoms with Crippen LogP contribution >= 0.6 is 0 Å². The maximum absolute atomic E-state index is 13.5. The monoisotopic (exact) mass is 1060 g/mol. The first-order chi connectivity index (χ1) is 37.2. The van der Waals surface area contributed by atoms with Crippen LogP contribution in [0.1, 0.15) is 265 Å². The number of rotatable bonds is 52. The summed E-state index contributed by atoms with van der Waals surface area (Å²) >= 11 is 0. The summed E-state index contributed by atoms with van der Waals surface area (Å²) < 4.78 is 30.1. The van der Waals surface area contributed by atoms with Crippen LogP contribution in [0.5, 0.6) is 0 Å². The molecule has 0 amide bonds. The average molecular weight is 1060 g/mol. The molecule has 0 spiro atoms. The van der Waals surface area contributed by atoms with Gasteiger partial charge in [0.1, 0.15) is 12.7 Å². The van der Waals surface area contributed by atoms with Crippen molar-refractivity contribution in [3.05, 3.63) is 72.9 Å². The van der Waals surface area contributed by atoms with E-state index in [0.29, 0.717) is 25.7 Å². The van der Waals surface area contributed by atoms with Crippen molar-refractivity contribution in [1.29, 1.82) is 0 Å². The highest BCUT2D eigenvalue weighted by Crippen LogP contribution is 2.28. The lowest BCUT2D eigenvalue weighted by Gasteiger charge is -2.28. The maximum Gasteiger partial charge on any atom is 0.306 e. The van der Waals surface area contributed by atoms with Gasteiger partial charge in [-0.05, 0) is 143 Å². The molecule has 436 valence electrons. The summed E-state index contributed by atoms with van der Waals surface area (Å²) in [5.74, 6) is -1.64. The Balaban J connectivity index is 2.86. The van der Waals surface area contributed by atoms with E-state index in [2.05, 4.69) is 93.7 Å². The fraction of sp³-hybridized carbons (Fsp3) is 0.758. The molecule has 0 N–H and O–H groups in total. The van der Waals surface area contributed by atoms with Gasteiger partial charge in [-0.1, -0.05) is 190 Å². The summed E-state index contributed by atoms with van der Waals surface area (Å²) in [6.45, 7) is 7.13. The van der Waals surface area contributed by atoms with Crippen LogP contribution in [0, 0.1) is 0 Å². The molecule has 0 bridgehead atoms. The highest BCUT2D eigenvalue weighted by molar-refractivity contribution is 5.71. The zero-order valence-corrected chi connectivity index (χ0v) is 49.4. The molecule has 0 saturated carbocycles. The third-order valence-electron chi connectivity index (χ3n) is 13.7. The van der Waals surface area contributed by atoms with E-state index in [0.717, 1.165) is 135 Å². The summed E-state index contributed by atoms with van der Waals surface area (Å²) in [5.41, 5.74) is 0. The van der Waals surface area contributed by atoms with E-state index in [1.165, 1.54) is 64.2 Å². The summed E-state index contributed by atoms with van der Waals surface area (Å²) in [7, 11) is 3.90. The number of hydrogen-bond donors (Lipinski definition) is 0. The molecule has 1 rings (SSSR count). The van der Waals surface area contributed by atoms with E-state index in [1.54, 1.807) is 0 Å². The summed E-state index contributed by atoms with van der Waals surface area (Å²) in [6, 6.07) is 0. The fourth-order valence-electron chi connectivity index (χ4n) is 9.06. The van der Waals surface area contributed by atoms with E-state index in [9.17, 15) is 19.2 Å². The molecular formula is C66H113NO9. The summed E-state index contributed by atoms with van der Waals surface area (Å²) in [6.07, 6.45) is 60.2. The van der Waals surface area contributed by atoms with E-state index >= 15 is 0 Å². The fourth-order valence-corrected chi connectivity index (χ4v) is 9.06. The molecule has 0 radical (unpaired) electrons. The van der Waals surface area contributed by atoms with Gasteiger partial charge in [0.05, 0.1) is 6.61 Å². The Labute approximate surface area is 465 Å². The molecule has 76 heavy (non-hydrogen) atoms. The molecule has 1 heterocycles. The minimum Gasteiger partial charge on any atom is -0.462 e. The molecule has 1 fully saturated rings. The predicted molar refractivity (Wildman–Crippen MR) is 316 cm³/mol. The van der Waals surface area contributed by atoms with Crippen LogP contribution in [0.15, 0.2) is 72.9 Å². The van der Waals surface area contributed by atoms with Crippen LogP contribution in [0.3, 0.4) is 0 Å². The van der Waals surface area contributed by atoms with Crippen molar-refractivity contribution in [3.63, 3.8) is 0 Å². The highest BCUT2D eigenvalue weighted by Gasteiger charge is 2.48. The lowest BCUT2D eigenvalue weighted by atomic mass is 10.0. The average Bonchev–Trinajstić information content (AvgIpc) is 3.78. The van der Waals surface area contributed by atoms with Crippen molar-refractivity contribution in [2.45, 2.75) is 289 Å². The van der Waals surface area contributed by atoms with Gasteiger partial charge in [-0.15, -0.1) is 0 Å². The molecule has 0 aromatic carbocycles. The number of nitrogens with zero attached hydrogens (tertiary/aromatic N) is 1. The number of unbranched alkanes of at least 4 members (excludes halogenated alkanes) is 24. The van der Waals surface area contributed by atoms with Gasteiger partial charge in [0.25, 0.3) is 0 Å². The van der Waals surface area contributed by atoms with Gasteiger partial charge >= 0.3 is 23.9 Å². The van der Waals surface area contributed by atoms with Gasteiger partial charge in [0.2, 0.25) is 0 Å². The number of esters is 4. The van der Waals surface area contributed by atoms with Crippen LogP contribution in [-0.2, 0) is 42.9 Å². The number of ether oxygens (including phenoxy) is 5. The van der Waals surface area contributed by atoms with E-state index in [-0.39, 0.29) is 44.9 Å². The minimum absolute atomic E-state index is 0.0318. The first-order valence-corrected chi connectivity index (χ1v) is 31.1. The maximum atomic E-state index is 13.5. The smallest absolute Gasteiger partial charge is 0.306 e. The Hall–Kier alpha value is -3.76. The number of carbonyl (C=O) groups is 4. The second-order valence-electron chi connectivity index (χ2n) is 21.3. The van der Waals surface area contributed by atoms with Crippen molar-refractivity contribution in [1.82, 2.24) is 4.90 Å². The summed E-state index contributed by atoms with van der Waals surface area (Å²) in [4.78, 5) is 55.3. The lowest BCUT2D eigenvalue weighted by molar-refractivity contribution is -0.179. The SMILES string of the molecule is CCCCC/C=C\C/C=C\CCCCCCCC(=O)O[C@H]1COC([C@@H](COC(=O)CCCN(C)C)OC(=O)CCCCCCC/C=C\C/C=C\CCCCC)[C@@H]1OC(=O)CCCCCCC/C=C\C/C=C\CCCCC. The van der Waals surface area contributed by atoms with Crippen molar-refractivity contribution in [2.24, 2.45) is 0 Å². The Morgan fingerprint density at radius 3 is 1.20 bits per heavy atom. The summed E-state index contributed by atoms with van der Waals surface area (Å²) in [5, 5.41) is 0. The predicted octanol–water partition coefficient (Wildman–Crippen LogP) is 17.4. The van der Waals surface area contributed by atoms with Crippen molar-refractivity contribution >= 4 is 23.9 Å². The van der Waals surface area contributed by atoms with Crippen molar-refractivity contribution < 1.29 is 42.9 Å². The quantitative estimate of drug-likeness (QED) is 0.0252. The van der Waals surface area contributed by atoms with Crippen LogP contribution in [0.25, 0.3) is 0 Å². The van der Waals surface area contributed by atoms with Crippen LogP contribution < -0.4 is 0 Å². The van der Waals surface area contributed by atoms with Gasteiger partial charge in [0.15, 0.2) is 18.3 Å². The first-order valence-electron chi connectivity index (χ1n) is 31.1. The Morgan fingerprint density at radius 1 is 0.434 bits per heavy atom. The highest BCUT2D eigenvalue weighted by atomic mass is 16.7. The number of hydrogen-bond acceptors (Lipinski definition) is 10. The van der Waals surface area contributed by atoms with Crippen LogP contribution in [0.2, 0.25) is 0 Å². The molecule has 4 atom stereocenters. The second-order valence-corrected chi connectivity index (χ2v) is 21.3. The first kappa shape index (κ1) is 70.3. The van der Waals surface area contributed by atoms with Crippen molar-refractivity contribution in [3.8, 4) is 0 Å². The van der Waals surface area contributed by atoms with Gasteiger partial charge in [-0.3, -0.25) is 19.2 Å². The third-order valence-corrected chi connectivity index (χ3v) is 13.7. The van der Waals surface area contributed by atoms with Gasteiger partial charge in [-0.25, -0.2) is 0 Å². The molecule has 1 unspecified atom stereocenters. The minimum atomic E-state index is -1.05. The third kappa shape index (κ3) is 44.2. The van der Waals surface area contributed by atoms with E-state index < -0.39 is 42.3 Å². The molecule has 10 heteroatoms. The molecular weight excluding hydrogens is 951 g/mol. The largest absolute Gasteiger partial charge is 0.462 e. The second kappa shape index (κ2) is 53.3. The zero-order valence-electron chi connectivity index (χ0n) is 49.4. The Morgan fingerprint density at radius 2 is 0.789 bits per heavy atom. The van der Waals surface area contributed by atoms with Crippen LogP contribution in [0.4, 0.5) is 0 Å². The van der Waals surface area contributed by atoms with Gasteiger partial charge < -0.3 is 28.6 Å². The molecule has 1 saturated heterocycles.